The maximum Gasteiger partial charge on any atom is 0.0925 e. The van der Waals surface area contributed by atoms with Crippen LogP contribution < -0.4 is 5.32 Å². The van der Waals surface area contributed by atoms with Crippen LogP contribution in [0.2, 0.25) is 0 Å². The van der Waals surface area contributed by atoms with Crippen molar-refractivity contribution < 1.29 is 0 Å². The zero-order chi connectivity index (χ0) is 12.3. The highest BCUT2D eigenvalue weighted by atomic mass is 15.2. The molecule has 1 atom stereocenters. The Hall–Kier alpha value is -0.870. The molecule has 1 aromatic heterocycles. The number of nitrogens with zero attached hydrogens (tertiary/aromatic N) is 2. The first-order valence-electron chi connectivity index (χ1n) is 6.60. The van der Waals surface area contributed by atoms with E-state index in [0.717, 1.165) is 24.7 Å². The molecule has 1 saturated heterocycles. The van der Waals surface area contributed by atoms with Crippen molar-refractivity contribution in [1.82, 2.24) is 20.2 Å². The van der Waals surface area contributed by atoms with Crippen molar-refractivity contribution in [3.8, 4) is 0 Å². The molecule has 1 unspecified atom stereocenters. The molecule has 1 fully saturated rings. The van der Waals surface area contributed by atoms with Gasteiger partial charge < -0.3 is 15.2 Å². The van der Waals surface area contributed by atoms with Gasteiger partial charge in [0.25, 0.3) is 0 Å². The van der Waals surface area contributed by atoms with E-state index >= 15 is 0 Å². The van der Waals surface area contributed by atoms with E-state index in [0.29, 0.717) is 6.04 Å². The Morgan fingerprint density at radius 3 is 3.00 bits per heavy atom. The summed E-state index contributed by atoms with van der Waals surface area (Å²) in [4.78, 5) is 9.97. The molecule has 0 amide bonds. The van der Waals surface area contributed by atoms with Crippen LogP contribution in [-0.2, 0) is 6.54 Å². The molecule has 4 nitrogen and oxygen atoms in total. The predicted molar refractivity (Wildman–Crippen MR) is 69.8 cm³/mol. The van der Waals surface area contributed by atoms with E-state index in [9.17, 15) is 0 Å². The summed E-state index contributed by atoms with van der Waals surface area (Å²) in [5, 5.41) is 3.52. The third kappa shape index (κ3) is 3.30. The molecule has 2 rings (SSSR count). The molecule has 1 aliphatic heterocycles. The molecule has 2 N–H and O–H groups in total. The summed E-state index contributed by atoms with van der Waals surface area (Å²) in [5.41, 5.74) is 2.32. The Morgan fingerprint density at radius 2 is 2.41 bits per heavy atom. The first kappa shape index (κ1) is 12.6. The van der Waals surface area contributed by atoms with Crippen molar-refractivity contribution in [2.24, 2.45) is 5.92 Å². The van der Waals surface area contributed by atoms with Crippen molar-refractivity contribution in [2.45, 2.75) is 39.8 Å². The third-order valence-electron chi connectivity index (χ3n) is 3.71. The molecular weight excluding hydrogens is 212 g/mol. The molecule has 96 valence electrons. The number of aryl methyl sites for hydroxylation is 1. The summed E-state index contributed by atoms with van der Waals surface area (Å²) in [5.74, 6) is 0.802. The Kier molecular flexibility index (Phi) is 4.18. The maximum absolute atomic E-state index is 4.29. The van der Waals surface area contributed by atoms with E-state index in [1.54, 1.807) is 6.33 Å². The van der Waals surface area contributed by atoms with Gasteiger partial charge in [-0.2, -0.15) is 0 Å². The second-order valence-electron chi connectivity index (χ2n) is 5.35. The van der Waals surface area contributed by atoms with Crippen LogP contribution in [0.4, 0.5) is 0 Å². The summed E-state index contributed by atoms with van der Waals surface area (Å²) in [6.07, 6.45) is 3.09. The molecule has 0 aliphatic carbocycles. The van der Waals surface area contributed by atoms with E-state index in [4.69, 9.17) is 0 Å². The molecule has 0 bridgehead atoms. The number of imidazole rings is 1. The van der Waals surface area contributed by atoms with Crippen LogP contribution in [0, 0.1) is 12.8 Å². The second-order valence-corrected chi connectivity index (χ2v) is 5.35. The number of rotatable bonds is 5. The highest BCUT2D eigenvalue weighted by molar-refractivity contribution is 5.07. The van der Waals surface area contributed by atoms with E-state index in [1.807, 2.05) is 0 Å². The molecule has 4 heteroatoms. The standard InChI is InChI=1S/C13H24N4/c1-10(2)17-5-4-12(8-17)6-14-7-13-11(3)15-9-16-13/h9-10,12,14H,4-8H2,1-3H3,(H,15,16). The predicted octanol–water partition coefficient (Wildman–Crippen LogP) is 1.54. The summed E-state index contributed by atoms with van der Waals surface area (Å²) in [6.45, 7) is 11.1. The quantitative estimate of drug-likeness (QED) is 0.815. The number of hydrogen-bond acceptors (Lipinski definition) is 3. The van der Waals surface area contributed by atoms with Crippen LogP contribution >= 0.6 is 0 Å². The van der Waals surface area contributed by atoms with Crippen molar-refractivity contribution in [2.75, 3.05) is 19.6 Å². The molecule has 0 radical (unpaired) electrons. The molecule has 1 aliphatic rings. The number of aromatic amines is 1. The fourth-order valence-corrected chi connectivity index (χ4v) is 2.46. The lowest BCUT2D eigenvalue weighted by atomic mass is 10.1. The monoisotopic (exact) mass is 236 g/mol. The fourth-order valence-electron chi connectivity index (χ4n) is 2.46. The number of H-pyrrole nitrogens is 1. The average Bonchev–Trinajstić information content (AvgIpc) is 2.89. The number of nitrogens with one attached hydrogen (secondary N) is 2. The van der Waals surface area contributed by atoms with Gasteiger partial charge >= 0.3 is 0 Å². The Balaban J connectivity index is 1.68. The number of likely N-dealkylation sites (tertiary alicyclic amines) is 1. The zero-order valence-corrected chi connectivity index (χ0v) is 11.2. The Labute approximate surface area is 104 Å². The van der Waals surface area contributed by atoms with Gasteiger partial charge in [0.15, 0.2) is 0 Å². The first-order chi connectivity index (χ1) is 8.16. The number of aromatic nitrogens is 2. The van der Waals surface area contributed by atoms with Gasteiger partial charge in [0.2, 0.25) is 0 Å². The molecule has 0 spiro atoms. The van der Waals surface area contributed by atoms with E-state index in [1.165, 1.54) is 25.2 Å². The van der Waals surface area contributed by atoms with Gasteiger partial charge in [-0.05, 0) is 46.2 Å². The minimum Gasteiger partial charge on any atom is -0.348 e. The molecule has 0 saturated carbocycles. The van der Waals surface area contributed by atoms with Gasteiger partial charge in [-0.15, -0.1) is 0 Å². The molecule has 0 aromatic carbocycles. The molecule has 17 heavy (non-hydrogen) atoms. The van der Waals surface area contributed by atoms with Crippen LogP contribution in [0.25, 0.3) is 0 Å². The van der Waals surface area contributed by atoms with Gasteiger partial charge in [-0.3, -0.25) is 0 Å². The highest BCUT2D eigenvalue weighted by Gasteiger charge is 2.23. The minimum atomic E-state index is 0.689. The summed E-state index contributed by atoms with van der Waals surface area (Å²) >= 11 is 0. The number of hydrogen-bond donors (Lipinski definition) is 2. The van der Waals surface area contributed by atoms with E-state index in [2.05, 4.69) is 41.0 Å². The van der Waals surface area contributed by atoms with Crippen LogP contribution in [-0.4, -0.2) is 40.5 Å². The lowest BCUT2D eigenvalue weighted by Crippen LogP contribution is -2.30. The third-order valence-corrected chi connectivity index (χ3v) is 3.71. The van der Waals surface area contributed by atoms with Crippen molar-refractivity contribution in [1.29, 1.82) is 0 Å². The maximum atomic E-state index is 4.29. The lowest BCUT2D eigenvalue weighted by molar-refractivity contribution is 0.264. The van der Waals surface area contributed by atoms with Crippen LogP contribution in [0.3, 0.4) is 0 Å². The van der Waals surface area contributed by atoms with Gasteiger partial charge in [-0.1, -0.05) is 0 Å². The largest absolute Gasteiger partial charge is 0.348 e. The van der Waals surface area contributed by atoms with Crippen molar-refractivity contribution in [3.63, 3.8) is 0 Å². The van der Waals surface area contributed by atoms with Gasteiger partial charge in [0.05, 0.1) is 12.0 Å². The molecule has 2 heterocycles. The smallest absolute Gasteiger partial charge is 0.0925 e. The van der Waals surface area contributed by atoms with Crippen LogP contribution in [0.15, 0.2) is 6.33 Å². The van der Waals surface area contributed by atoms with Crippen molar-refractivity contribution in [3.05, 3.63) is 17.7 Å². The summed E-state index contributed by atoms with van der Waals surface area (Å²) in [7, 11) is 0. The topological polar surface area (TPSA) is 44.0 Å². The average molecular weight is 236 g/mol. The molecule has 1 aromatic rings. The fraction of sp³-hybridized carbons (Fsp3) is 0.769. The molecular formula is C13H24N4. The Morgan fingerprint density at radius 1 is 1.59 bits per heavy atom. The zero-order valence-electron chi connectivity index (χ0n) is 11.2. The van der Waals surface area contributed by atoms with Crippen molar-refractivity contribution >= 4 is 0 Å². The van der Waals surface area contributed by atoms with E-state index in [-0.39, 0.29) is 0 Å². The van der Waals surface area contributed by atoms with Crippen LogP contribution in [0.1, 0.15) is 31.7 Å². The first-order valence-corrected chi connectivity index (χ1v) is 6.60. The Bertz CT molecular complexity index is 345. The van der Waals surface area contributed by atoms with Gasteiger partial charge in [0.1, 0.15) is 0 Å². The highest BCUT2D eigenvalue weighted by Crippen LogP contribution is 2.17. The van der Waals surface area contributed by atoms with E-state index < -0.39 is 0 Å². The SMILES string of the molecule is Cc1[nH]cnc1CNCC1CCN(C(C)C)C1. The van der Waals surface area contributed by atoms with Gasteiger partial charge in [-0.25, -0.2) is 4.98 Å². The lowest BCUT2D eigenvalue weighted by Gasteiger charge is -2.20. The van der Waals surface area contributed by atoms with Gasteiger partial charge in [0, 0.05) is 24.8 Å². The summed E-state index contributed by atoms with van der Waals surface area (Å²) in [6, 6.07) is 0.689. The summed E-state index contributed by atoms with van der Waals surface area (Å²) < 4.78 is 0. The second kappa shape index (κ2) is 5.65. The van der Waals surface area contributed by atoms with Crippen LogP contribution in [0.5, 0.6) is 0 Å². The normalized spacial score (nSPS) is 21.5. The minimum absolute atomic E-state index is 0.689.